The zero-order valence-electron chi connectivity index (χ0n) is 12.4. The summed E-state index contributed by atoms with van der Waals surface area (Å²) in [5.41, 5.74) is -0.696. The Morgan fingerprint density at radius 2 is 1.95 bits per heavy atom. The summed E-state index contributed by atoms with van der Waals surface area (Å²) in [5, 5.41) is 3.33. The molecule has 0 amide bonds. The first-order valence-electron chi connectivity index (χ1n) is 7.48. The number of likely N-dealkylation sites (N-methyl/N-ethyl adjacent to an activating group) is 1. The Hall–Kier alpha value is -1.23. The Labute approximate surface area is 123 Å². The molecule has 5 heteroatoms. The monoisotopic (exact) mass is 301 g/mol. The van der Waals surface area contributed by atoms with Crippen molar-refractivity contribution in [3.05, 3.63) is 29.8 Å². The molecular formula is C16H22F3NO. The fraction of sp³-hybridized carbons (Fsp3) is 0.625. The fourth-order valence-electron chi connectivity index (χ4n) is 2.92. The van der Waals surface area contributed by atoms with Crippen LogP contribution in [0.2, 0.25) is 0 Å². The minimum Gasteiger partial charge on any atom is -0.488 e. The van der Waals surface area contributed by atoms with Crippen molar-refractivity contribution in [3.8, 4) is 5.75 Å². The van der Waals surface area contributed by atoms with Gasteiger partial charge in [0.15, 0.2) is 0 Å². The van der Waals surface area contributed by atoms with Crippen molar-refractivity contribution in [3.63, 3.8) is 0 Å². The molecule has 1 fully saturated rings. The van der Waals surface area contributed by atoms with Crippen LogP contribution < -0.4 is 10.1 Å². The molecule has 1 N–H and O–H groups in total. The number of hydrogen-bond donors (Lipinski definition) is 1. The molecule has 0 heterocycles. The first-order chi connectivity index (χ1) is 9.91. The van der Waals surface area contributed by atoms with E-state index >= 15 is 0 Å². The summed E-state index contributed by atoms with van der Waals surface area (Å²) in [5.74, 6) is 0.412. The van der Waals surface area contributed by atoms with E-state index in [1.807, 2.05) is 6.92 Å². The molecular weight excluding hydrogens is 279 g/mol. The van der Waals surface area contributed by atoms with Crippen LogP contribution in [-0.4, -0.2) is 18.7 Å². The van der Waals surface area contributed by atoms with E-state index in [0.717, 1.165) is 31.9 Å². The van der Waals surface area contributed by atoms with Crippen molar-refractivity contribution in [1.29, 1.82) is 0 Å². The van der Waals surface area contributed by atoms with Crippen molar-refractivity contribution >= 4 is 0 Å². The molecule has 21 heavy (non-hydrogen) atoms. The van der Waals surface area contributed by atoms with Crippen LogP contribution in [0.5, 0.6) is 5.75 Å². The quantitative estimate of drug-likeness (QED) is 0.897. The lowest BCUT2D eigenvalue weighted by Gasteiger charge is -2.36. The van der Waals surface area contributed by atoms with E-state index in [4.69, 9.17) is 4.74 Å². The van der Waals surface area contributed by atoms with Gasteiger partial charge in [0.2, 0.25) is 0 Å². The molecule has 0 spiro atoms. The van der Waals surface area contributed by atoms with Crippen LogP contribution in [-0.2, 0) is 6.18 Å². The van der Waals surface area contributed by atoms with Crippen molar-refractivity contribution in [2.75, 3.05) is 6.54 Å². The number of nitrogens with one attached hydrogen (secondary N) is 1. The van der Waals surface area contributed by atoms with Gasteiger partial charge in [-0.15, -0.1) is 0 Å². The van der Waals surface area contributed by atoms with Crippen molar-refractivity contribution in [1.82, 2.24) is 5.32 Å². The van der Waals surface area contributed by atoms with Crippen LogP contribution in [0.3, 0.4) is 0 Å². The summed E-state index contributed by atoms with van der Waals surface area (Å²) in [6.07, 6.45) is -1.79. The second-order valence-corrected chi connectivity index (χ2v) is 5.73. The zero-order chi connectivity index (χ0) is 15.5. The summed E-state index contributed by atoms with van der Waals surface area (Å²) in [6, 6.07) is 5.57. The molecule has 1 aliphatic rings. The van der Waals surface area contributed by atoms with Crippen LogP contribution in [0.25, 0.3) is 0 Å². The molecule has 3 unspecified atom stereocenters. The number of benzene rings is 1. The number of rotatable bonds is 4. The molecule has 118 valence electrons. The van der Waals surface area contributed by atoms with Crippen LogP contribution in [0.15, 0.2) is 24.3 Å². The maximum absolute atomic E-state index is 13.0. The average molecular weight is 301 g/mol. The zero-order valence-corrected chi connectivity index (χ0v) is 12.4. The lowest BCUT2D eigenvalue weighted by Crippen LogP contribution is -2.47. The summed E-state index contributed by atoms with van der Waals surface area (Å²) >= 11 is 0. The minimum absolute atomic E-state index is 0.0630. The second-order valence-electron chi connectivity index (χ2n) is 5.73. The highest BCUT2D eigenvalue weighted by atomic mass is 19.4. The highest BCUT2D eigenvalue weighted by Crippen LogP contribution is 2.37. The van der Waals surface area contributed by atoms with Gasteiger partial charge in [-0.2, -0.15) is 13.2 Å². The molecule has 0 aliphatic heterocycles. The Balaban J connectivity index is 2.19. The molecule has 3 atom stereocenters. The van der Waals surface area contributed by atoms with Gasteiger partial charge >= 0.3 is 6.18 Å². The van der Waals surface area contributed by atoms with Gasteiger partial charge < -0.3 is 10.1 Å². The summed E-state index contributed by atoms with van der Waals surface area (Å²) in [6.45, 7) is 4.91. The molecule has 1 saturated carbocycles. The first kappa shape index (κ1) is 16.1. The van der Waals surface area contributed by atoms with E-state index in [0.29, 0.717) is 5.92 Å². The Morgan fingerprint density at radius 3 is 2.62 bits per heavy atom. The molecule has 1 aliphatic carbocycles. The molecule has 2 nitrogen and oxygen atoms in total. The van der Waals surface area contributed by atoms with Crippen LogP contribution in [0.4, 0.5) is 13.2 Å². The summed E-state index contributed by atoms with van der Waals surface area (Å²) < 4.78 is 44.9. The van der Waals surface area contributed by atoms with Crippen molar-refractivity contribution < 1.29 is 17.9 Å². The molecule has 0 saturated heterocycles. The topological polar surface area (TPSA) is 21.3 Å². The maximum Gasteiger partial charge on any atom is 0.419 e. The van der Waals surface area contributed by atoms with Crippen LogP contribution in [0, 0.1) is 5.92 Å². The Kier molecular flexibility index (Phi) is 5.14. The van der Waals surface area contributed by atoms with Gasteiger partial charge in [-0.05, 0) is 43.9 Å². The van der Waals surface area contributed by atoms with E-state index in [1.165, 1.54) is 12.1 Å². The van der Waals surface area contributed by atoms with Gasteiger partial charge in [-0.3, -0.25) is 0 Å². The van der Waals surface area contributed by atoms with Crippen molar-refractivity contribution in [2.24, 2.45) is 5.92 Å². The largest absolute Gasteiger partial charge is 0.488 e. The van der Waals surface area contributed by atoms with Crippen LogP contribution in [0.1, 0.15) is 38.7 Å². The van der Waals surface area contributed by atoms with Crippen LogP contribution >= 0.6 is 0 Å². The highest BCUT2D eigenvalue weighted by Gasteiger charge is 2.36. The minimum atomic E-state index is -4.38. The standard InChI is InChI=1S/C16H22F3NO/c1-3-20-13-9-8-11(2)10-15(13)21-14-7-5-4-6-12(14)16(17,18)19/h4-7,11,13,15,20H,3,8-10H2,1-2H3. The average Bonchev–Trinajstić information content (AvgIpc) is 2.41. The second kappa shape index (κ2) is 6.69. The predicted octanol–water partition coefficient (Wildman–Crippen LogP) is 4.25. The van der Waals surface area contributed by atoms with E-state index < -0.39 is 11.7 Å². The summed E-state index contributed by atoms with van der Waals surface area (Å²) in [7, 11) is 0. The molecule has 0 radical (unpaired) electrons. The SMILES string of the molecule is CCNC1CCC(C)CC1Oc1ccccc1C(F)(F)F. The molecule has 0 aromatic heterocycles. The first-order valence-corrected chi connectivity index (χ1v) is 7.48. The normalized spacial score (nSPS) is 26.6. The fourth-order valence-corrected chi connectivity index (χ4v) is 2.92. The van der Waals surface area contributed by atoms with E-state index in [2.05, 4.69) is 12.2 Å². The molecule has 1 aromatic rings. The number of para-hydroxylation sites is 1. The number of ether oxygens (including phenoxy) is 1. The third-order valence-electron chi connectivity index (χ3n) is 3.99. The Morgan fingerprint density at radius 1 is 1.24 bits per heavy atom. The lowest BCUT2D eigenvalue weighted by molar-refractivity contribution is -0.139. The third kappa shape index (κ3) is 4.13. The third-order valence-corrected chi connectivity index (χ3v) is 3.99. The van der Waals surface area contributed by atoms with E-state index in [-0.39, 0.29) is 17.9 Å². The van der Waals surface area contributed by atoms with Gasteiger partial charge in [0.05, 0.1) is 5.56 Å². The maximum atomic E-state index is 13.0. The van der Waals surface area contributed by atoms with Crippen molar-refractivity contribution in [2.45, 2.75) is 51.4 Å². The van der Waals surface area contributed by atoms with Gasteiger partial charge in [-0.25, -0.2) is 0 Å². The van der Waals surface area contributed by atoms with E-state index in [9.17, 15) is 13.2 Å². The van der Waals surface area contributed by atoms with Gasteiger partial charge in [-0.1, -0.05) is 26.0 Å². The number of alkyl halides is 3. The van der Waals surface area contributed by atoms with Gasteiger partial charge in [0.1, 0.15) is 11.9 Å². The molecule has 1 aromatic carbocycles. The number of hydrogen-bond acceptors (Lipinski definition) is 2. The molecule has 2 rings (SSSR count). The van der Waals surface area contributed by atoms with Gasteiger partial charge in [0.25, 0.3) is 0 Å². The lowest BCUT2D eigenvalue weighted by atomic mass is 9.85. The molecule has 0 bridgehead atoms. The van der Waals surface area contributed by atoms with Gasteiger partial charge in [0, 0.05) is 6.04 Å². The van der Waals surface area contributed by atoms with E-state index in [1.54, 1.807) is 6.07 Å². The highest BCUT2D eigenvalue weighted by molar-refractivity contribution is 5.35. The summed E-state index contributed by atoms with van der Waals surface area (Å²) in [4.78, 5) is 0. The smallest absolute Gasteiger partial charge is 0.419 e. The Bertz CT molecular complexity index is 461. The number of halogens is 3. The predicted molar refractivity (Wildman–Crippen MR) is 76.3 cm³/mol.